The zero-order valence-corrected chi connectivity index (χ0v) is 17.6. The van der Waals surface area contributed by atoms with Crippen LogP contribution in [0.4, 0.5) is 18.9 Å². The third kappa shape index (κ3) is 4.25. The number of nitrogens with two attached hydrogens (primary N) is 1. The van der Waals surface area contributed by atoms with E-state index < -0.39 is 29.5 Å². The maximum atomic E-state index is 13.3. The van der Waals surface area contributed by atoms with Gasteiger partial charge >= 0.3 is 12.1 Å². The Bertz CT molecular complexity index is 1220. The van der Waals surface area contributed by atoms with Crippen LogP contribution in [-0.4, -0.2) is 24.0 Å². The Kier molecular flexibility index (Phi) is 6.17. The molecule has 0 saturated heterocycles. The van der Waals surface area contributed by atoms with Crippen LogP contribution >= 0.6 is 0 Å². The second-order valence-electron chi connectivity index (χ2n) is 7.23. The molecular formula is C23H19F3N4O3. The number of carboxylic acids is 1. The zero-order chi connectivity index (χ0) is 24.5. The second-order valence-corrected chi connectivity index (χ2v) is 7.23. The molecule has 0 aliphatic carbocycles. The van der Waals surface area contributed by atoms with E-state index in [2.05, 4.69) is 5.32 Å². The number of nitrogens with one attached hydrogen (secondary N) is 1. The number of nitrogens with zero attached hydrogens (tertiary/aromatic N) is 2. The number of benzene rings is 2. The van der Waals surface area contributed by atoms with Crippen molar-refractivity contribution in [3.05, 3.63) is 87.9 Å². The lowest BCUT2D eigenvalue weighted by Crippen LogP contribution is -2.41. The van der Waals surface area contributed by atoms with E-state index in [9.17, 15) is 27.9 Å². The van der Waals surface area contributed by atoms with Crippen molar-refractivity contribution in [2.45, 2.75) is 19.0 Å². The summed E-state index contributed by atoms with van der Waals surface area (Å²) in [7, 11) is 1.45. The first-order valence-corrected chi connectivity index (χ1v) is 9.64. The smallest absolute Gasteiger partial charge is 0.416 e. The molecule has 1 amide bonds. The number of anilines is 1. The van der Waals surface area contributed by atoms with Gasteiger partial charge in [0.15, 0.2) is 0 Å². The number of hydrogen-bond donors (Lipinski definition) is 3. The Morgan fingerprint density at radius 2 is 1.79 bits per heavy atom. The van der Waals surface area contributed by atoms with Crippen molar-refractivity contribution in [2.75, 3.05) is 11.9 Å². The Hall–Kier alpha value is -4.26. The summed E-state index contributed by atoms with van der Waals surface area (Å²) in [6.45, 7) is 1.44. The quantitative estimate of drug-likeness (QED) is 0.634. The number of hydrogen-bond acceptors (Lipinski definition) is 5. The molecule has 1 heterocycles. The number of alkyl halides is 3. The van der Waals surface area contributed by atoms with E-state index in [0.29, 0.717) is 11.1 Å². The highest BCUT2D eigenvalue weighted by Gasteiger charge is 2.41. The van der Waals surface area contributed by atoms with E-state index in [1.165, 1.54) is 55.3 Å². The molecule has 170 valence electrons. The third-order valence-corrected chi connectivity index (χ3v) is 5.32. The van der Waals surface area contributed by atoms with Gasteiger partial charge in [0.1, 0.15) is 5.82 Å². The maximum absolute atomic E-state index is 13.3. The topological polar surface area (TPSA) is 119 Å². The molecule has 1 unspecified atom stereocenters. The lowest BCUT2D eigenvalue weighted by Gasteiger charge is -2.38. The van der Waals surface area contributed by atoms with E-state index >= 15 is 0 Å². The van der Waals surface area contributed by atoms with Crippen LogP contribution in [0.1, 0.15) is 29.5 Å². The molecule has 2 aromatic carbocycles. The first-order chi connectivity index (χ1) is 15.5. The number of primary amides is 1. The van der Waals surface area contributed by atoms with Crippen LogP contribution in [0.2, 0.25) is 0 Å². The monoisotopic (exact) mass is 456 g/mol. The van der Waals surface area contributed by atoms with Gasteiger partial charge in [-0.2, -0.15) is 18.4 Å². The minimum absolute atomic E-state index is 0.00227. The number of rotatable bonds is 5. The van der Waals surface area contributed by atoms with Crippen molar-refractivity contribution in [3.8, 4) is 6.07 Å². The van der Waals surface area contributed by atoms with Crippen LogP contribution < -0.4 is 16.0 Å². The summed E-state index contributed by atoms with van der Waals surface area (Å²) in [5.74, 6) is -3.37. The molecule has 0 fully saturated rings. The van der Waals surface area contributed by atoms with E-state index in [4.69, 9.17) is 11.0 Å². The summed E-state index contributed by atoms with van der Waals surface area (Å²) in [5.41, 5.74) is 5.17. The molecule has 7 nitrogen and oxygen atoms in total. The van der Waals surface area contributed by atoms with Gasteiger partial charge in [0, 0.05) is 18.4 Å². The molecule has 0 aromatic heterocycles. The fourth-order valence-corrected chi connectivity index (χ4v) is 3.91. The zero-order valence-electron chi connectivity index (χ0n) is 17.6. The molecule has 10 heteroatoms. The normalized spacial score (nSPS) is 16.5. The van der Waals surface area contributed by atoms with Crippen molar-refractivity contribution in [3.63, 3.8) is 0 Å². The van der Waals surface area contributed by atoms with E-state index in [0.717, 1.165) is 12.1 Å². The van der Waals surface area contributed by atoms with Crippen LogP contribution in [0.15, 0.2) is 71.2 Å². The Balaban J connectivity index is 2.33. The van der Waals surface area contributed by atoms with E-state index in [1.807, 2.05) is 6.07 Å². The number of amides is 1. The minimum Gasteiger partial charge on any atom is -0.478 e. The fourth-order valence-electron chi connectivity index (χ4n) is 3.91. The summed E-state index contributed by atoms with van der Waals surface area (Å²) in [6, 6.07) is 12.2. The standard InChI is InChI=1S/C23H19F3N4O3/c1-12-17(22(32)33)18(14-8-6-13(11-27)7-9-14)19(20(28)31)21(29-2)30(12)16-5-3-4-15(10-16)23(24,25)26/h3-10,18,29H,1-2H3,(H2,28,31)(H,32,33). The molecule has 33 heavy (non-hydrogen) atoms. The number of allylic oxidation sites excluding steroid dienone is 1. The number of halogens is 3. The van der Waals surface area contributed by atoms with Gasteiger partial charge in [-0.05, 0) is 42.8 Å². The number of nitriles is 1. The highest BCUT2D eigenvalue weighted by Crippen LogP contribution is 2.43. The maximum Gasteiger partial charge on any atom is 0.416 e. The SMILES string of the molecule is CNC1=C(C(N)=O)C(c2ccc(C#N)cc2)C(C(=O)O)=C(C)N1c1cccc(C(F)(F)F)c1. The van der Waals surface area contributed by atoms with Crippen LogP contribution in [0.5, 0.6) is 0 Å². The number of aliphatic carboxylic acids is 1. The molecular weight excluding hydrogens is 437 g/mol. The molecule has 0 spiro atoms. The third-order valence-electron chi connectivity index (χ3n) is 5.32. The van der Waals surface area contributed by atoms with Crippen LogP contribution in [0.3, 0.4) is 0 Å². The van der Waals surface area contributed by atoms with Crippen molar-refractivity contribution < 1.29 is 27.9 Å². The van der Waals surface area contributed by atoms with Gasteiger partial charge in [0.2, 0.25) is 5.91 Å². The second kappa shape index (κ2) is 8.70. The minimum atomic E-state index is -4.62. The summed E-state index contributed by atoms with van der Waals surface area (Å²) >= 11 is 0. The van der Waals surface area contributed by atoms with E-state index in [1.54, 1.807) is 0 Å². The lowest BCUT2D eigenvalue weighted by molar-refractivity contribution is -0.137. The highest BCUT2D eigenvalue weighted by molar-refractivity contribution is 6.02. The summed E-state index contributed by atoms with van der Waals surface area (Å²) in [6.07, 6.45) is -4.62. The average molecular weight is 456 g/mol. The van der Waals surface area contributed by atoms with Crippen molar-refractivity contribution in [2.24, 2.45) is 5.73 Å². The molecule has 3 rings (SSSR count). The van der Waals surface area contributed by atoms with Crippen LogP contribution in [0, 0.1) is 11.3 Å². The predicted molar refractivity (Wildman–Crippen MR) is 113 cm³/mol. The van der Waals surface area contributed by atoms with Crippen molar-refractivity contribution in [1.29, 1.82) is 5.26 Å². The average Bonchev–Trinajstić information content (AvgIpc) is 2.77. The van der Waals surface area contributed by atoms with Gasteiger partial charge in [0.05, 0.1) is 34.3 Å². The predicted octanol–water partition coefficient (Wildman–Crippen LogP) is 3.46. The van der Waals surface area contributed by atoms with Gasteiger partial charge in [-0.3, -0.25) is 9.69 Å². The largest absolute Gasteiger partial charge is 0.478 e. The van der Waals surface area contributed by atoms with E-state index in [-0.39, 0.29) is 28.4 Å². The van der Waals surface area contributed by atoms with Gasteiger partial charge in [0.25, 0.3) is 0 Å². The summed E-state index contributed by atoms with van der Waals surface area (Å²) in [4.78, 5) is 26.1. The van der Waals surface area contributed by atoms with Crippen molar-refractivity contribution in [1.82, 2.24) is 5.32 Å². The van der Waals surface area contributed by atoms with Gasteiger partial charge < -0.3 is 16.2 Å². The lowest BCUT2D eigenvalue weighted by atomic mass is 9.80. The molecule has 0 saturated carbocycles. The van der Waals surface area contributed by atoms with Gasteiger partial charge in [-0.15, -0.1) is 0 Å². The number of carbonyl (C=O) groups is 2. The van der Waals surface area contributed by atoms with Gasteiger partial charge in [-0.1, -0.05) is 18.2 Å². The van der Waals surface area contributed by atoms with Crippen LogP contribution in [-0.2, 0) is 15.8 Å². The molecule has 1 atom stereocenters. The molecule has 1 aliphatic rings. The number of carboxylic acid groups (broad SMARTS) is 1. The Labute approximate surface area is 187 Å². The summed E-state index contributed by atoms with van der Waals surface area (Å²) < 4.78 is 40.0. The molecule has 0 bridgehead atoms. The first kappa shape index (κ1) is 23.4. The van der Waals surface area contributed by atoms with Gasteiger partial charge in [-0.25, -0.2) is 4.79 Å². The highest BCUT2D eigenvalue weighted by atomic mass is 19.4. The van der Waals surface area contributed by atoms with Crippen LogP contribution in [0.25, 0.3) is 0 Å². The fraction of sp³-hybridized carbons (Fsp3) is 0.174. The van der Waals surface area contributed by atoms with Crippen molar-refractivity contribution >= 4 is 17.6 Å². The molecule has 0 radical (unpaired) electrons. The summed E-state index contributed by atoms with van der Waals surface area (Å²) in [5, 5.41) is 21.9. The first-order valence-electron chi connectivity index (χ1n) is 9.64. The Morgan fingerprint density at radius 3 is 2.27 bits per heavy atom. The molecule has 2 aromatic rings. The number of carbonyl (C=O) groups excluding carboxylic acids is 1. The Morgan fingerprint density at radius 1 is 1.15 bits per heavy atom. The molecule has 4 N–H and O–H groups in total. The molecule has 1 aliphatic heterocycles.